The van der Waals surface area contributed by atoms with Crippen LogP contribution in [0.2, 0.25) is 0 Å². The highest BCUT2D eigenvalue weighted by molar-refractivity contribution is 7.80. The molecule has 0 heterocycles. The number of phenolic OH excluding ortho intramolecular Hbond substituents is 1. The standard InChI is InChI=1S/C11H14O4S/c12-6-7-5-8(13)1-2-9(7)11(15)10(14)3-4-16/h1-2,5-6,10-11,13-16H,3-4H2. The monoisotopic (exact) mass is 242 g/mol. The van der Waals surface area contributed by atoms with Crippen LogP contribution in [-0.2, 0) is 0 Å². The number of aliphatic hydroxyl groups excluding tert-OH is 2. The molecular formula is C11H14O4S. The van der Waals surface area contributed by atoms with Gasteiger partial charge in [0.15, 0.2) is 6.29 Å². The van der Waals surface area contributed by atoms with Crippen molar-refractivity contribution in [1.29, 1.82) is 0 Å². The first-order chi connectivity index (χ1) is 7.60. The Morgan fingerprint density at radius 1 is 1.38 bits per heavy atom. The van der Waals surface area contributed by atoms with Crippen molar-refractivity contribution in [3.8, 4) is 5.75 Å². The van der Waals surface area contributed by atoms with Gasteiger partial charge in [-0.3, -0.25) is 4.79 Å². The minimum atomic E-state index is -1.15. The number of aliphatic hydroxyl groups is 2. The second-order valence-corrected chi connectivity index (χ2v) is 3.90. The molecule has 3 N–H and O–H groups in total. The molecule has 4 nitrogen and oxygen atoms in total. The van der Waals surface area contributed by atoms with Crippen LogP contribution < -0.4 is 0 Å². The Bertz CT molecular complexity index is 367. The molecule has 0 aromatic heterocycles. The molecule has 0 bridgehead atoms. The molecule has 2 unspecified atom stereocenters. The molecule has 0 aliphatic heterocycles. The Balaban J connectivity index is 2.98. The van der Waals surface area contributed by atoms with E-state index >= 15 is 0 Å². The number of hydrogen-bond donors (Lipinski definition) is 4. The zero-order chi connectivity index (χ0) is 12.1. The molecule has 1 aromatic carbocycles. The van der Waals surface area contributed by atoms with Crippen molar-refractivity contribution in [3.05, 3.63) is 29.3 Å². The maximum atomic E-state index is 10.7. The number of aromatic hydroxyl groups is 1. The van der Waals surface area contributed by atoms with Crippen LogP contribution in [-0.4, -0.2) is 33.5 Å². The van der Waals surface area contributed by atoms with E-state index in [0.717, 1.165) is 0 Å². The highest BCUT2D eigenvalue weighted by Crippen LogP contribution is 2.25. The number of thiol groups is 1. The van der Waals surface area contributed by atoms with Crippen LogP contribution >= 0.6 is 12.6 Å². The average molecular weight is 242 g/mol. The smallest absolute Gasteiger partial charge is 0.150 e. The lowest BCUT2D eigenvalue weighted by Crippen LogP contribution is -2.19. The van der Waals surface area contributed by atoms with E-state index in [2.05, 4.69) is 12.6 Å². The lowest BCUT2D eigenvalue weighted by molar-refractivity contribution is 0.0169. The fourth-order valence-corrected chi connectivity index (χ4v) is 1.70. The summed E-state index contributed by atoms with van der Waals surface area (Å²) in [4.78, 5) is 10.7. The van der Waals surface area contributed by atoms with Gasteiger partial charge in [-0.15, -0.1) is 0 Å². The van der Waals surface area contributed by atoms with Crippen LogP contribution in [0.1, 0.15) is 28.4 Å². The van der Waals surface area contributed by atoms with Gasteiger partial charge in [0.05, 0.1) is 6.10 Å². The van der Waals surface area contributed by atoms with Crippen molar-refractivity contribution in [2.45, 2.75) is 18.6 Å². The van der Waals surface area contributed by atoms with E-state index in [1.807, 2.05) is 0 Å². The van der Waals surface area contributed by atoms with Gasteiger partial charge >= 0.3 is 0 Å². The van der Waals surface area contributed by atoms with Crippen LogP contribution in [0.25, 0.3) is 0 Å². The van der Waals surface area contributed by atoms with E-state index in [9.17, 15) is 20.1 Å². The summed E-state index contributed by atoms with van der Waals surface area (Å²) in [6, 6.07) is 4.03. The maximum Gasteiger partial charge on any atom is 0.150 e. The molecule has 1 aromatic rings. The number of rotatable bonds is 5. The van der Waals surface area contributed by atoms with Crippen LogP contribution in [0.5, 0.6) is 5.75 Å². The van der Waals surface area contributed by atoms with Gasteiger partial charge in [-0.2, -0.15) is 12.6 Å². The summed E-state index contributed by atoms with van der Waals surface area (Å²) in [5.41, 5.74) is 0.479. The lowest BCUT2D eigenvalue weighted by Gasteiger charge is -2.18. The third-order valence-electron chi connectivity index (χ3n) is 2.31. The van der Waals surface area contributed by atoms with Gasteiger partial charge in [0.25, 0.3) is 0 Å². The maximum absolute atomic E-state index is 10.7. The van der Waals surface area contributed by atoms with Crippen molar-refractivity contribution in [1.82, 2.24) is 0 Å². The van der Waals surface area contributed by atoms with Crippen molar-refractivity contribution in [3.63, 3.8) is 0 Å². The molecule has 1 rings (SSSR count). The lowest BCUT2D eigenvalue weighted by atomic mass is 9.98. The number of phenols is 1. The SMILES string of the molecule is O=Cc1cc(O)ccc1C(O)C(O)CCS. The number of carbonyl (C=O) groups excluding carboxylic acids is 1. The van der Waals surface area contributed by atoms with Crippen molar-refractivity contribution in [2.24, 2.45) is 0 Å². The number of carbonyl (C=O) groups is 1. The third kappa shape index (κ3) is 2.98. The summed E-state index contributed by atoms with van der Waals surface area (Å²) < 4.78 is 0. The second-order valence-electron chi connectivity index (χ2n) is 3.46. The molecule has 5 heteroatoms. The van der Waals surface area contributed by atoms with Crippen LogP contribution in [0.4, 0.5) is 0 Å². The fourth-order valence-electron chi connectivity index (χ4n) is 1.43. The van der Waals surface area contributed by atoms with Gasteiger partial charge < -0.3 is 15.3 Å². The van der Waals surface area contributed by atoms with Gasteiger partial charge in [0, 0.05) is 5.56 Å². The third-order valence-corrected chi connectivity index (χ3v) is 2.56. The van der Waals surface area contributed by atoms with Crippen molar-refractivity contribution < 1.29 is 20.1 Å². The molecule has 0 aliphatic rings. The molecule has 0 aliphatic carbocycles. The fraction of sp³-hybridized carbons (Fsp3) is 0.364. The van der Waals surface area contributed by atoms with E-state index < -0.39 is 12.2 Å². The van der Waals surface area contributed by atoms with Gasteiger partial charge in [0.1, 0.15) is 11.9 Å². The first-order valence-electron chi connectivity index (χ1n) is 4.85. The molecule has 0 amide bonds. The number of benzene rings is 1. The largest absolute Gasteiger partial charge is 0.508 e. The van der Waals surface area contributed by atoms with Crippen LogP contribution in [0.3, 0.4) is 0 Å². The normalized spacial score (nSPS) is 14.4. The Kier molecular flexibility index (Phi) is 4.79. The highest BCUT2D eigenvalue weighted by atomic mass is 32.1. The molecule has 0 fully saturated rings. The highest BCUT2D eigenvalue weighted by Gasteiger charge is 2.20. The van der Waals surface area contributed by atoms with Gasteiger partial charge in [0.2, 0.25) is 0 Å². The Morgan fingerprint density at radius 2 is 2.06 bits per heavy atom. The van der Waals surface area contributed by atoms with E-state index in [0.29, 0.717) is 24.0 Å². The summed E-state index contributed by atoms with van der Waals surface area (Å²) in [5, 5.41) is 28.6. The van der Waals surface area contributed by atoms with Crippen LogP contribution in [0.15, 0.2) is 18.2 Å². The topological polar surface area (TPSA) is 77.8 Å². The zero-order valence-corrected chi connectivity index (χ0v) is 9.47. The van der Waals surface area contributed by atoms with E-state index in [1.165, 1.54) is 18.2 Å². The molecule has 0 radical (unpaired) electrons. The van der Waals surface area contributed by atoms with Gasteiger partial charge in [-0.25, -0.2) is 0 Å². The minimum Gasteiger partial charge on any atom is -0.508 e. The van der Waals surface area contributed by atoms with E-state index in [4.69, 9.17) is 0 Å². The summed E-state index contributed by atoms with van der Waals surface area (Å²) in [5.74, 6) is 0.383. The summed E-state index contributed by atoms with van der Waals surface area (Å²) in [7, 11) is 0. The first kappa shape index (κ1) is 13.0. The minimum absolute atomic E-state index is 0.0539. The Hall–Kier alpha value is -1.04. The van der Waals surface area contributed by atoms with E-state index in [1.54, 1.807) is 0 Å². The van der Waals surface area contributed by atoms with E-state index in [-0.39, 0.29) is 11.3 Å². The number of hydrogen-bond acceptors (Lipinski definition) is 5. The zero-order valence-electron chi connectivity index (χ0n) is 8.58. The molecule has 16 heavy (non-hydrogen) atoms. The Labute approximate surface area is 99.0 Å². The Morgan fingerprint density at radius 3 is 2.62 bits per heavy atom. The predicted octanol–water partition coefficient (Wildman–Crippen LogP) is 0.919. The molecule has 88 valence electrons. The van der Waals surface area contributed by atoms with Gasteiger partial charge in [-0.1, -0.05) is 6.07 Å². The molecular weight excluding hydrogens is 228 g/mol. The van der Waals surface area contributed by atoms with Crippen molar-refractivity contribution >= 4 is 18.9 Å². The first-order valence-corrected chi connectivity index (χ1v) is 5.48. The molecule has 0 spiro atoms. The quantitative estimate of drug-likeness (QED) is 0.457. The van der Waals surface area contributed by atoms with Crippen LogP contribution in [0, 0.1) is 0 Å². The molecule has 0 saturated heterocycles. The number of aldehydes is 1. The van der Waals surface area contributed by atoms with Gasteiger partial charge in [-0.05, 0) is 29.9 Å². The molecule has 2 atom stereocenters. The van der Waals surface area contributed by atoms with Crippen molar-refractivity contribution in [2.75, 3.05) is 5.75 Å². The summed E-state index contributed by atoms with van der Waals surface area (Å²) >= 11 is 3.95. The molecule has 0 saturated carbocycles. The second kappa shape index (κ2) is 5.89. The predicted molar refractivity (Wildman–Crippen MR) is 62.9 cm³/mol. The summed E-state index contributed by atoms with van der Waals surface area (Å²) in [6.07, 6.45) is -1.26. The average Bonchev–Trinajstić information content (AvgIpc) is 2.28. The summed E-state index contributed by atoms with van der Waals surface area (Å²) in [6.45, 7) is 0.